The number of nitrogens with one attached hydrogen (secondary N) is 1. The summed E-state index contributed by atoms with van der Waals surface area (Å²) in [4.78, 5) is 39.0. The summed E-state index contributed by atoms with van der Waals surface area (Å²) >= 11 is 0. The minimum absolute atomic E-state index is 0.0357. The van der Waals surface area contributed by atoms with Gasteiger partial charge in [0.05, 0.1) is 17.9 Å². The van der Waals surface area contributed by atoms with E-state index in [0.717, 1.165) is 24.8 Å². The smallest absolute Gasteiger partial charge is 0.233 e. The summed E-state index contributed by atoms with van der Waals surface area (Å²) in [6.45, 7) is 2.24. The lowest BCUT2D eigenvalue weighted by Gasteiger charge is -2.22. The maximum Gasteiger partial charge on any atom is 0.233 e. The summed E-state index contributed by atoms with van der Waals surface area (Å²) in [6, 6.07) is 6.54. The van der Waals surface area contributed by atoms with Gasteiger partial charge in [-0.2, -0.15) is 0 Å². The Hall–Kier alpha value is -2.43. The Balaban J connectivity index is 1.35. The number of amides is 3. The number of carbonyl (C=O) groups is 3. The molecule has 0 bridgehead atoms. The Morgan fingerprint density at radius 2 is 1.72 bits per heavy atom. The summed E-state index contributed by atoms with van der Waals surface area (Å²) in [7, 11) is 0. The Bertz CT molecular complexity index is 819. The molecule has 0 unspecified atom stereocenters. The van der Waals surface area contributed by atoms with E-state index < -0.39 is 0 Å². The number of nitrogens with zero attached hydrogens (tertiary/aromatic N) is 1. The minimum atomic E-state index is -0.227. The predicted octanol–water partition coefficient (Wildman–Crippen LogP) is 3.47. The van der Waals surface area contributed by atoms with Gasteiger partial charge in [-0.05, 0) is 61.6 Å². The van der Waals surface area contributed by atoms with Crippen LogP contribution in [0.2, 0.25) is 0 Å². The van der Waals surface area contributed by atoms with Crippen LogP contribution >= 0.6 is 0 Å². The fourth-order valence-electron chi connectivity index (χ4n) is 4.96. The Morgan fingerprint density at radius 1 is 1.07 bits per heavy atom. The first-order valence-electron chi connectivity index (χ1n) is 11.0. The van der Waals surface area contributed by atoms with Crippen LogP contribution in [-0.4, -0.2) is 29.2 Å². The number of benzene rings is 1. The van der Waals surface area contributed by atoms with E-state index in [1.807, 2.05) is 12.2 Å². The van der Waals surface area contributed by atoms with Crippen molar-refractivity contribution in [3.8, 4) is 0 Å². The van der Waals surface area contributed by atoms with Gasteiger partial charge in [0.2, 0.25) is 17.7 Å². The lowest BCUT2D eigenvalue weighted by molar-refractivity contribution is -0.140. The number of rotatable bonds is 6. The van der Waals surface area contributed by atoms with Crippen LogP contribution in [-0.2, 0) is 27.2 Å². The average molecular weight is 395 g/mol. The monoisotopic (exact) mass is 394 g/mol. The Morgan fingerprint density at radius 3 is 2.38 bits per heavy atom. The first-order chi connectivity index (χ1) is 14.1. The maximum absolute atomic E-state index is 12.6. The van der Waals surface area contributed by atoms with Crippen LogP contribution in [0.4, 0.5) is 0 Å². The molecular weight excluding hydrogens is 364 g/mol. The van der Waals surface area contributed by atoms with Gasteiger partial charge in [-0.25, -0.2) is 0 Å². The fourth-order valence-corrected chi connectivity index (χ4v) is 4.96. The average Bonchev–Trinajstić information content (AvgIpc) is 3.00. The number of fused-ring (bicyclic) bond motifs is 2. The topological polar surface area (TPSA) is 66.5 Å². The number of aryl methyl sites for hydroxylation is 2. The highest BCUT2D eigenvalue weighted by Crippen LogP contribution is 2.35. The SMILES string of the molecule is CC[C@@H](NC(=O)CCN1C(=O)[C@H]2CC=CC[C@H]2C1=O)c1ccc2c(c1)CCCC2. The highest BCUT2D eigenvalue weighted by atomic mass is 16.2. The summed E-state index contributed by atoms with van der Waals surface area (Å²) in [6.07, 6.45) is 10.9. The van der Waals surface area contributed by atoms with E-state index in [1.165, 1.54) is 28.9 Å². The minimum Gasteiger partial charge on any atom is -0.349 e. The van der Waals surface area contributed by atoms with Gasteiger partial charge in [0.15, 0.2) is 0 Å². The molecule has 3 amide bonds. The molecule has 1 aliphatic heterocycles. The molecule has 2 aliphatic carbocycles. The van der Waals surface area contributed by atoms with Gasteiger partial charge in [0.25, 0.3) is 0 Å². The molecule has 1 heterocycles. The second-order valence-electron chi connectivity index (χ2n) is 8.50. The molecule has 4 rings (SSSR count). The molecule has 1 N–H and O–H groups in total. The number of hydrogen-bond donors (Lipinski definition) is 1. The standard InChI is InChI=1S/C24H30N2O3/c1-2-21(18-12-11-16-7-3-4-8-17(16)15-18)25-22(27)13-14-26-23(28)19-9-5-6-10-20(19)24(26)29/h5-6,11-12,15,19-21H,2-4,7-10,13-14H2,1H3,(H,25,27)/t19-,20+,21-/m1/s1. The first-order valence-corrected chi connectivity index (χ1v) is 11.0. The van der Waals surface area contributed by atoms with Crippen molar-refractivity contribution in [3.63, 3.8) is 0 Å². The molecule has 5 nitrogen and oxygen atoms in total. The van der Waals surface area contributed by atoms with Gasteiger partial charge >= 0.3 is 0 Å². The molecule has 1 saturated heterocycles. The lowest BCUT2D eigenvalue weighted by Crippen LogP contribution is -2.36. The van der Waals surface area contributed by atoms with Gasteiger partial charge in [-0.3, -0.25) is 19.3 Å². The van der Waals surface area contributed by atoms with Crippen molar-refractivity contribution in [2.24, 2.45) is 11.8 Å². The summed E-state index contributed by atoms with van der Waals surface area (Å²) in [5.41, 5.74) is 3.99. The van der Waals surface area contributed by atoms with Crippen LogP contribution in [0.25, 0.3) is 0 Å². The van der Waals surface area contributed by atoms with Crippen molar-refractivity contribution >= 4 is 17.7 Å². The van der Waals surface area contributed by atoms with Crippen molar-refractivity contribution in [3.05, 3.63) is 47.0 Å². The molecule has 0 radical (unpaired) electrons. The number of likely N-dealkylation sites (tertiary alicyclic amines) is 1. The molecule has 154 valence electrons. The van der Waals surface area contributed by atoms with Crippen molar-refractivity contribution in [1.29, 1.82) is 0 Å². The first kappa shape index (κ1) is 19.9. The quantitative estimate of drug-likeness (QED) is 0.593. The molecule has 0 spiro atoms. The van der Waals surface area contributed by atoms with Crippen LogP contribution in [0.3, 0.4) is 0 Å². The van der Waals surface area contributed by atoms with Crippen LogP contribution in [0.15, 0.2) is 30.4 Å². The largest absolute Gasteiger partial charge is 0.349 e. The highest BCUT2D eigenvalue weighted by molar-refractivity contribution is 6.05. The summed E-state index contributed by atoms with van der Waals surface area (Å²) < 4.78 is 0. The Labute approximate surface area is 172 Å². The van der Waals surface area contributed by atoms with E-state index in [9.17, 15) is 14.4 Å². The van der Waals surface area contributed by atoms with Crippen molar-refractivity contribution in [1.82, 2.24) is 10.2 Å². The van der Waals surface area contributed by atoms with E-state index in [0.29, 0.717) is 12.8 Å². The molecule has 1 fully saturated rings. The third-order valence-corrected chi connectivity index (χ3v) is 6.68. The van der Waals surface area contributed by atoms with E-state index >= 15 is 0 Å². The van der Waals surface area contributed by atoms with Crippen molar-refractivity contribution < 1.29 is 14.4 Å². The third kappa shape index (κ3) is 4.00. The van der Waals surface area contributed by atoms with Crippen molar-refractivity contribution in [2.75, 3.05) is 6.54 Å². The van der Waals surface area contributed by atoms with Crippen LogP contribution < -0.4 is 5.32 Å². The molecule has 0 saturated carbocycles. The van der Waals surface area contributed by atoms with Crippen molar-refractivity contribution in [2.45, 2.75) is 64.3 Å². The van der Waals surface area contributed by atoms with Gasteiger partial charge < -0.3 is 5.32 Å². The normalized spacial score (nSPS) is 24.2. The molecule has 5 heteroatoms. The number of imide groups is 1. The molecule has 29 heavy (non-hydrogen) atoms. The Kier molecular flexibility index (Phi) is 5.84. The zero-order valence-corrected chi connectivity index (χ0v) is 17.2. The third-order valence-electron chi connectivity index (χ3n) is 6.68. The van der Waals surface area contributed by atoms with E-state index in [2.05, 4.69) is 30.4 Å². The number of allylic oxidation sites excluding steroid dienone is 2. The highest BCUT2D eigenvalue weighted by Gasteiger charge is 2.46. The van der Waals surface area contributed by atoms with Crippen LogP contribution in [0.1, 0.15) is 68.2 Å². The van der Waals surface area contributed by atoms with Gasteiger partial charge in [0, 0.05) is 13.0 Å². The number of carbonyl (C=O) groups excluding carboxylic acids is 3. The maximum atomic E-state index is 12.6. The van der Waals surface area contributed by atoms with E-state index in [-0.39, 0.29) is 48.6 Å². The molecule has 1 aromatic rings. The summed E-state index contributed by atoms with van der Waals surface area (Å²) in [5, 5.41) is 3.11. The zero-order chi connectivity index (χ0) is 20.4. The second kappa shape index (κ2) is 8.52. The lowest BCUT2D eigenvalue weighted by atomic mass is 9.85. The summed E-state index contributed by atoms with van der Waals surface area (Å²) in [5.74, 6) is -0.787. The molecule has 3 atom stereocenters. The second-order valence-corrected chi connectivity index (χ2v) is 8.50. The van der Waals surface area contributed by atoms with Gasteiger partial charge in [-0.15, -0.1) is 0 Å². The van der Waals surface area contributed by atoms with Crippen LogP contribution in [0.5, 0.6) is 0 Å². The molecule has 0 aromatic heterocycles. The van der Waals surface area contributed by atoms with E-state index in [4.69, 9.17) is 0 Å². The molecular formula is C24H30N2O3. The van der Waals surface area contributed by atoms with Gasteiger partial charge in [-0.1, -0.05) is 37.3 Å². The molecule has 3 aliphatic rings. The fraction of sp³-hybridized carbons (Fsp3) is 0.542. The van der Waals surface area contributed by atoms with Crippen LogP contribution in [0, 0.1) is 11.8 Å². The predicted molar refractivity (Wildman–Crippen MR) is 111 cm³/mol. The zero-order valence-electron chi connectivity index (χ0n) is 17.2. The molecule has 1 aromatic carbocycles. The van der Waals surface area contributed by atoms with E-state index in [1.54, 1.807) is 0 Å². The van der Waals surface area contributed by atoms with Gasteiger partial charge in [0.1, 0.15) is 0 Å². The number of hydrogen-bond acceptors (Lipinski definition) is 3.